The second kappa shape index (κ2) is 10.4. The Morgan fingerprint density at radius 1 is 1.19 bits per heavy atom. The SMILES string of the molecule is CC(C)(C)OC(=O)c1ccc(C#N)cc1Oc1nc(Oc2cccc(NC(=N)N)c2)nc(N)c1[N+](=O)[O-]. The van der Waals surface area contributed by atoms with Gasteiger partial charge < -0.3 is 31.0 Å². The number of nitrogens with one attached hydrogen (secondary N) is 2. The van der Waals surface area contributed by atoms with Crippen molar-refractivity contribution in [3.8, 4) is 29.5 Å². The number of nitro groups is 1. The number of nitrogens with two attached hydrogens (primary N) is 2. The normalized spacial score (nSPS) is 10.6. The van der Waals surface area contributed by atoms with Gasteiger partial charge in [-0.15, -0.1) is 0 Å². The summed E-state index contributed by atoms with van der Waals surface area (Å²) < 4.78 is 16.6. The predicted molar refractivity (Wildman–Crippen MR) is 132 cm³/mol. The van der Waals surface area contributed by atoms with Gasteiger partial charge in [0.15, 0.2) is 5.96 Å². The summed E-state index contributed by atoms with van der Waals surface area (Å²) in [5, 5.41) is 30.9. The highest BCUT2D eigenvalue weighted by atomic mass is 16.6. The second-order valence-corrected chi connectivity index (χ2v) is 8.40. The standard InChI is InChI=1S/C23H22N8O6/c1-23(2,3)37-20(32)15-8-7-12(11-24)9-16(15)36-19-17(31(33)34)18(25)29-22(30-19)35-14-6-4-5-13(10-14)28-21(26)27/h4-10H,1-3H3,(H2,25,29,30)(H4,26,27,28). The molecule has 0 saturated carbocycles. The lowest BCUT2D eigenvalue weighted by Gasteiger charge is -2.20. The molecule has 37 heavy (non-hydrogen) atoms. The second-order valence-electron chi connectivity index (χ2n) is 8.40. The fourth-order valence-electron chi connectivity index (χ4n) is 2.90. The molecular weight excluding hydrogens is 484 g/mol. The van der Waals surface area contributed by atoms with E-state index in [0.29, 0.717) is 5.69 Å². The lowest BCUT2D eigenvalue weighted by atomic mass is 10.1. The van der Waals surface area contributed by atoms with Gasteiger partial charge in [-0.25, -0.2) is 4.79 Å². The Kier molecular flexibility index (Phi) is 7.38. The van der Waals surface area contributed by atoms with Crippen LogP contribution in [0.5, 0.6) is 23.4 Å². The summed E-state index contributed by atoms with van der Waals surface area (Å²) in [7, 11) is 0. The highest BCUT2D eigenvalue weighted by molar-refractivity contribution is 5.93. The first kappa shape index (κ1) is 26.2. The Morgan fingerprint density at radius 2 is 1.92 bits per heavy atom. The predicted octanol–water partition coefficient (Wildman–Crippen LogP) is 3.68. The fourth-order valence-corrected chi connectivity index (χ4v) is 2.90. The molecule has 0 spiro atoms. The van der Waals surface area contributed by atoms with E-state index in [-0.39, 0.29) is 28.6 Å². The van der Waals surface area contributed by atoms with Crippen molar-refractivity contribution in [3.05, 3.63) is 63.7 Å². The van der Waals surface area contributed by atoms with Crippen LogP contribution in [0.1, 0.15) is 36.7 Å². The van der Waals surface area contributed by atoms with E-state index >= 15 is 0 Å². The number of ether oxygens (including phenoxy) is 3. The van der Waals surface area contributed by atoms with E-state index in [4.69, 9.17) is 31.1 Å². The largest absolute Gasteiger partial charge is 0.456 e. The number of guanidine groups is 1. The van der Waals surface area contributed by atoms with Crippen LogP contribution < -0.4 is 26.3 Å². The molecule has 0 aliphatic heterocycles. The average Bonchev–Trinajstić information content (AvgIpc) is 2.77. The van der Waals surface area contributed by atoms with Crippen LogP contribution in [-0.4, -0.2) is 32.4 Å². The minimum Gasteiger partial charge on any atom is -0.456 e. The highest BCUT2D eigenvalue weighted by Crippen LogP contribution is 2.37. The Morgan fingerprint density at radius 3 is 2.54 bits per heavy atom. The van der Waals surface area contributed by atoms with Crippen LogP contribution in [0.3, 0.4) is 0 Å². The van der Waals surface area contributed by atoms with Crippen molar-refractivity contribution in [1.82, 2.24) is 9.97 Å². The summed E-state index contributed by atoms with van der Waals surface area (Å²) in [5.41, 5.74) is 9.94. The number of anilines is 2. The van der Waals surface area contributed by atoms with E-state index in [1.807, 2.05) is 6.07 Å². The van der Waals surface area contributed by atoms with E-state index in [9.17, 15) is 20.2 Å². The topological polar surface area (TPSA) is 225 Å². The van der Waals surface area contributed by atoms with E-state index in [1.54, 1.807) is 32.9 Å². The first-order valence-electron chi connectivity index (χ1n) is 10.5. The van der Waals surface area contributed by atoms with Crippen LogP contribution in [0.15, 0.2) is 42.5 Å². The molecule has 0 unspecified atom stereocenters. The Hall–Kier alpha value is -5.45. The molecule has 0 aliphatic carbocycles. The van der Waals surface area contributed by atoms with Gasteiger partial charge in [0, 0.05) is 11.8 Å². The molecule has 0 radical (unpaired) electrons. The van der Waals surface area contributed by atoms with E-state index < -0.39 is 39.9 Å². The van der Waals surface area contributed by atoms with Crippen molar-refractivity contribution in [2.75, 3.05) is 11.1 Å². The number of nitrogen functional groups attached to an aromatic ring is 1. The highest BCUT2D eigenvalue weighted by Gasteiger charge is 2.29. The van der Waals surface area contributed by atoms with Gasteiger partial charge in [0.25, 0.3) is 0 Å². The molecule has 0 aliphatic rings. The first-order valence-corrected chi connectivity index (χ1v) is 10.5. The number of hydrogen-bond acceptors (Lipinski definition) is 11. The minimum atomic E-state index is -0.854. The van der Waals surface area contributed by atoms with Crippen molar-refractivity contribution in [1.29, 1.82) is 10.7 Å². The zero-order chi connectivity index (χ0) is 27.3. The molecule has 0 saturated heterocycles. The molecule has 0 fully saturated rings. The lowest BCUT2D eigenvalue weighted by Crippen LogP contribution is -2.24. The lowest BCUT2D eigenvalue weighted by molar-refractivity contribution is -0.385. The quantitative estimate of drug-likeness (QED) is 0.118. The molecule has 1 heterocycles. The molecule has 14 nitrogen and oxygen atoms in total. The zero-order valence-electron chi connectivity index (χ0n) is 19.9. The molecule has 0 amide bonds. The van der Waals surface area contributed by atoms with Crippen LogP contribution >= 0.6 is 0 Å². The van der Waals surface area contributed by atoms with Crippen molar-refractivity contribution >= 4 is 29.1 Å². The van der Waals surface area contributed by atoms with Gasteiger partial charge >= 0.3 is 23.5 Å². The smallest absolute Gasteiger partial charge is 0.373 e. The van der Waals surface area contributed by atoms with Crippen molar-refractivity contribution in [3.63, 3.8) is 0 Å². The van der Waals surface area contributed by atoms with E-state index in [2.05, 4.69) is 15.3 Å². The number of benzene rings is 2. The first-order chi connectivity index (χ1) is 17.4. The van der Waals surface area contributed by atoms with Crippen molar-refractivity contribution < 1.29 is 23.9 Å². The van der Waals surface area contributed by atoms with Gasteiger partial charge in [-0.3, -0.25) is 15.5 Å². The number of aromatic nitrogens is 2. The van der Waals surface area contributed by atoms with Crippen LogP contribution in [0.2, 0.25) is 0 Å². The van der Waals surface area contributed by atoms with Crippen LogP contribution in [-0.2, 0) is 4.74 Å². The van der Waals surface area contributed by atoms with Crippen LogP contribution in [0.25, 0.3) is 0 Å². The summed E-state index contributed by atoms with van der Waals surface area (Å²) in [6.07, 6.45) is 0. The third-order valence-electron chi connectivity index (χ3n) is 4.30. The van der Waals surface area contributed by atoms with Gasteiger partial charge in [-0.1, -0.05) is 6.07 Å². The monoisotopic (exact) mass is 506 g/mol. The third-order valence-corrected chi connectivity index (χ3v) is 4.30. The average molecular weight is 506 g/mol. The molecule has 190 valence electrons. The molecular formula is C23H22N8O6. The minimum absolute atomic E-state index is 0.106. The molecule has 6 N–H and O–H groups in total. The summed E-state index contributed by atoms with van der Waals surface area (Å²) in [5.74, 6) is -2.34. The van der Waals surface area contributed by atoms with Crippen LogP contribution in [0, 0.1) is 26.9 Å². The number of carbonyl (C=O) groups excluding carboxylic acids is 1. The number of carbonyl (C=O) groups is 1. The number of esters is 1. The third kappa shape index (κ3) is 6.79. The van der Waals surface area contributed by atoms with E-state index in [0.717, 1.165) is 0 Å². The number of nitrogens with zero attached hydrogens (tertiary/aromatic N) is 4. The Labute approximate surface area is 210 Å². The number of rotatable bonds is 7. The van der Waals surface area contributed by atoms with Gasteiger partial charge in [-0.2, -0.15) is 15.2 Å². The molecule has 0 bridgehead atoms. The number of hydrogen-bond donors (Lipinski definition) is 4. The number of nitriles is 1. The molecule has 3 aromatic rings. The summed E-state index contributed by atoms with van der Waals surface area (Å²) in [4.78, 5) is 31.4. The maximum absolute atomic E-state index is 12.7. The van der Waals surface area contributed by atoms with Crippen molar-refractivity contribution in [2.45, 2.75) is 26.4 Å². The van der Waals surface area contributed by atoms with Crippen molar-refractivity contribution in [2.24, 2.45) is 5.73 Å². The zero-order valence-corrected chi connectivity index (χ0v) is 19.9. The maximum atomic E-state index is 12.7. The van der Waals surface area contributed by atoms with Gasteiger partial charge in [0.05, 0.1) is 16.6 Å². The summed E-state index contributed by atoms with van der Waals surface area (Å²) in [6, 6.07) is 11.6. The Bertz CT molecular complexity index is 1430. The van der Waals surface area contributed by atoms with Gasteiger partial charge in [-0.05, 0) is 51.1 Å². The maximum Gasteiger partial charge on any atom is 0.373 e. The summed E-state index contributed by atoms with van der Waals surface area (Å²) >= 11 is 0. The molecule has 2 aromatic carbocycles. The summed E-state index contributed by atoms with van der Waals surface area (Å²) in [6.45, 7) is 4.99. The van der Waals surface area contributed by atoms with E-state index in [1.165, 1.54) is 30.3 Å². The van der Waals surface area contributed by atoms with Crippen LogP contribution in [0.4, 0.5) is 17.2 Å². The fraction of sp³-hybridized carbons (Fsp3) is 0.174. The molecule has 3 rings (SSSR count). The van der Waals surface area contributed by atoms with Gasteiger partial charge in [0.2, 0.25) is 5.82 Å². The molecule has 0 atom stereocenters. The molecule has 14 heteroatoms. The molecule has 1 aromatic heterocycles. The van der Waals surface area contributed by atoms with Gasteiger partial charge in [0.1, 0.15) is 22.7 Å². The Balaban J connectivity index is 2.05.